The number of ether oxygens (including phenoxy) is 2. The molecule has 0 saturated carbocycles. The number of carbonyl (C=O) groups is 4. The average Bonchev–Trinajstić information content (AvgIpc) is 4.15. The van der Waals surface area contributed by atoms with Crippen LogP contribution in [-0.2, 0) is 19.1 Å². The Morgan fingerprint density at radius 1 is 0.719 bits per heavy atom. The van der Waals surface area contributed by atoms with E-state index in [0.717, 1.165) is 92.7 Å². The molecule has 5 aromatic carbocycles. The van der Waals surface area contributed by atoms with Gasteiger partial charge in [-0.2, -0.15) is 0 Å². The van der Waals surface area contributed by atoms with Gasteiger partial charge in [0.15, 0.2) is 0 Å². The van der Waals surface area contributed by atoms with Crippen LogP contribution < -0.4 is 10.6 Å². The highest BCUT2D eigenvalue weighted by Crippen LogP contribution is 2.42. The molecule has 5 atom stereocenters. The van der Waals surface area contributed by atoms with E-state index in [-0.39, 0.29) is 35.7 Å². The minimum Gasteiger partial charge on any atom is -0.453 e. The zero-order chi connectivity index (χ0) is 44.6. The summed E-state index contributed by atoms with van der Waals surface area (Å²) in [6.45, 7) is 7.15. The molecule has 7 aromatic rings. The fourth-order valence-corrected chi connectivity index (χ4v) is 9.92. The van der Waals surface area contributed by atoms with Gasteiger partial charge in [-0.3, -0.25) is 9.59 Å². The van der Waals surface area contributed by atoms with E-state index in [1.54, 1.807) is 0 Å². The number of fused-ring (bicyclic) bond motifs is 6. The minimum absolute atomic E-state index is 0.126. The van der Waals surface area contributed by atoms with E-state index in [0.29, 0.717) is 24.5 Å². The zero-order valence-electron chi connectivity index (χ0n) is 36.8. The van der Waals surface area contributed by atoms with Crippen LogP contribution in [0, 0.1) is 11.8 Å². The lowest BCUT2D eigenvalue weighted by atomic mass is 9.94. The fraction of sp³-hybridized carbons (Fsp3) is 0.360. The van der Waals surface area contributed by atoms with Gasteiger partial charge in [-0.1, -0.05) is 93.9 Å². The highest BCUT2D eigenvalue weighted by Gasteiger charge is 2.43. The van der Waals surface area contributed by atoms with Gasteiger partial charge in [0.2, 0.25) is 5.91 Å². The van der Waals surface area contributed by atoms with Crippen LogP contribution in [0.3, 0.4) is 0 Å². The second-order valence-corrected chi connectivity index (χ2v) is 17.4. The molecule has 14 nitrogen and oxygen atoms in total. The molecule has 9 rings (SSSR count). The van der Waals surface area contributed by atoms with Crippen molar-refractivity contribution >= 4 is 67.6 Å². The molecular formula is C50H54N8O6. The SMILES string of the molecule is CCC[C@@H]1CCN(C(=O)[C@@H](NC(=O)OC)C(C)C)[C@@H]1c1nc2c(ccc3cc(-c4ccc5c(ccc6[nH]c([C@@H]7CCCN7C(=O)[C@H](NC(=O)OC)c7ccccc7)nc65)c4)ccc32)[nH]1. The third-order valence-corrected chi connectivity index (χ3v) is 13.1. The molecule has 4 heterocycles. The summed E-state index contributed by atoms with van der Waals surface area (Å²) in [5.74, 6) is 1.25. The molecule has 0 aliphatic carbocycles. The van der Waals surface area contributed by atoms with Crippen molar-refractivity contribution in [3.05, 3.63) is 108 Å². The van der Waals surface area contributed by atoms with Gasteiger partial charge in [-0.15, -0.1) is 0 Å². The second-order valence-electron chi connectivity index (χ2n) is 17.4. The number of aromatic amines is 2. The Hall–Kier alpha value is -6.96. The first-order valence-corrected chi connectivity index (χ1v) is 22.3. The van der Waals surface area contributed by atoms with Gasteiger partial charge in [0, 0.05) is 23.9 Å². The molecule has 2 saturated heterocycles. The van der Waals surface area contributed by atoms with E-state index < -0.39 is 24.3 Å². The number of hydrogen-bond acceptors (Lipinski definition) is 8. The third kappa shape index (κ3) is 7.86. The second kappa shape index (κ2) is 17.7. The number of carbonyl (C=O) groups excluding carboxylic acids is 4. The van der Waals surface area contributed by atoms with Crippen LogP contribution in [0.1, 0.15) is 88.2 Å². The normalized spacial score (nSPS) is 18.6. The number of methoxy groups -OCH3 is 2. The molecule has 0 unspecified atom stereocenters. The zero-order valence-corrected chi connectivity index (χ0v) is 36.8. The molecule has 330 valence electrons. The molecule has 2 aromatic heterocycles. The number of nitrogens with zero attached hydrogens (tertiary/aromatic N) is 4. The summed E-state index contributed by atoms with van der Waals surface area (Å²) in [7, 11) is 2.59. The number of alkyl carbamates (subject to hydrolysis) is 2. The van der Waals surface area contributed by atoms with E-state index in [9.17, 15) is 19.2 Å². The monoisotopic (exact) mass is 862 g/mol. The first-order chi connectivity index (χ1) is 31.1. The van der Waals surface area contributed by atoms with Gasteiger partial charge in [-0.05, 0) is 89.2 Å². The molecule has 14 heteroatoms. The van der Waals surface area contributed by atoms with Crippen molar-refractivity contribution < 1.29 is 28.7 Å². The molecule has 2 fully saturated rings. The van der Waals surface area contributed by atoms with Crippen LogP contribution in [0.15, 0.2) is 91.0 Å². The summed E-state index contributed by atoms with van der Waals surface area (Å²) < 4.78 is 9.72. The first-order valence-electron chi connectivity index (χ1n) is 22.3. The van der Waals surface area contributed by atoms with E-state index in [1.165, 1.54) is 14.2 Å². The summed E-state index contributed by atoms with van der Waals surface area (Å²) in [5, 5.41) is 9.61. The van der Waals surface area contributed by atoms with Gasteiger partial charge in [-0.25, -0.2) is 19.6 Å². The molecule has 64 heavy (non-hydrogen) atoms. The van der Waals surface area contributed by atoms with E-state index in [4.69, 9.17) is 19.4 Å². The smallest absolute Gasteiger partial charge is 0.407 e. The minimum atomic E-state index is -0.893. The van der Waals surface area contributed by atoms with Crippen LogP contribution in [0.2, 0.25) is 0 Å². The first kappa shape index (κ1) is 42.3. The summed E-state index contributed by atoms with van der Waals surface area (Å²) in [6.07, 6.45) is 3.07. The van der Waals surface area contributed by atoms with E-state index >= 15 is 0 Å². The number of rotatable bonds is 11. The number of H-pyrrole nitrogens is 2. The maximum Gasteiger partial charge on any atom is 0.407 e. The number of likely N-dealkylation sites (tertiary alicyclic amines) is 2. The Morgan fingerprint density at radius 3 is 1.94 bits per heavy atom. The number of nitrogens with one attached hydrogen (secondary N) is 4. The maximum atomic E-state index is 14.1. The number of aromatic nitrogens is 4. The molecule has 0 bridgehead atoms. The van der Waals surface area contributed by atoms with Crippen molar-refractivity contribution in [3.8, 4) is 11.1 Å². The van der Waals surface area contributed by atoms with Crippen LogP contribution in [0.5, 0.6) is 0 Å². The topological polar surface area (TPSA) is 175 Å². The average molecular weight is 863 g/mol. The van der Waals surface area contributed by atoms with E-state index in [1.807, 2.05) is 60.0 Å². The number of hydrogen-bond donors (Lipinski definition) is 4. The Balaban J connectivity index is 0.989. The van der Waals surface area contributed by atoms with Gasteiger partial charge in [0.25, 0.3) is 5.91 Å². The molecule has 4 N–H and O–H groups in total. The largest absolute Gasteiger partial charge is 0.453 e. The lowest BCUT2D eigenvalue weighted by Crippen LogP contribution is -2.51. The Bertz CT molecular complexity index is 2890. The van der Waals surface area contributed by atoms with Crippen molar-refractivity contribution in [2.24, 2.45) is 11.8 Å². The third-order valence-electron chi connectivity index (χ3n) is 13.1. The molecular weight excluding hydrogens is 809 g/mol. The lowest BCUT2D eigenvalue weighted by molar-refractivity contribution is -0.136. The van der Waals surface area contributed by atoms with Gasteiger partial charge in [0.1, 0.15) is 23.7 Å². The molecule has 0 radical (unpaired) electrons. The van der Waals surface area contributed by atoms with E-state index in [2.05, 4.69) is 82.1 Å². The van der Waals surface area contributed by atoms with Gasteiger partial charge >= 0.3 is 12.2 Å². The van der Waals surface area contributed by atoms with Crippen LogP contribution in [0.25, 0.3) is 54.7 Å². The Labute approximate surface area is 371 Å². The summed E-state index contributed by atoms with van der Waals surface area (Å²) in [4.78, 5) is 73.9. The molecule has 2 aliphatic rings. The van der Waals surface area contributed by atoms with Crippen molar-refractivity contribution in [2.45, 2.75) is 77.0 Å². The molecule has 2 aliphatic heterocycles. The number of benzene rings is 5. The van der Waals surface area contributed by atoms with Crippen LogP contribution in [-0.4, -0.2) is 87.1 Å². The Morgan fingerprint density at radius 2 is 1.33 bits per heavy atom. The predicted octanol–water partition coefficient (Wildman–Crippen LogP) is 9.24. The van der Waals surface area contributed by atoms with Gasteiger partial charge < -0.3 is 39.9 Å². The molecule has 4 amide bonds. The van der Waals surface area contributed by atoms with Crippen LogP contribution in [0.4, 0.5) is 9.59 Å². The van der Waals surface area contributed by atoms with Crippen LogP contribution >= 0.6 is 0 Å². The number of imidazole rings is 2. The fourth-order valence-electron chi connectivity index (χ4n) is 9.92. The summed E-state index contributed by atoms with van der Waals surface area (Å²) in [6, 6.07) is 28.3. The van der Waals surface area contributed by atoms with Crippen molar-refractivity contribution in [2.75, 3.05) is 27.3 Å². The maximum absolute atomic E-state index is 14.1. The summed E-state index contributed by atoms with van der Waals surface area (Å²) >= 11 is 0. The molecule has 0 spiro atoms. The number of amides is 4. The highest BCUT2D eigenvalue weighted by atomic mass is 16.5. The summed E-state index contributed by atoms with van der Waals surface area (Å²) in [5.41, 5.74) is 6.30. The lowest BCUT2D eigenvalue weighted by Gasteiger charge is -2.31. The standard InChI is InChI=1S/C50H54N8O6/c1-6-11-30-23-25-58(47(59)40(28(2)3)55-49(61)63-4)44(30)46-52-38-22-18-34-27-32(16-20-36(34)43(38)54-46)31-15-19-35-33(26-31)17-21-37-42(35)53-45(51-37)39-14-10-24-57(39)48(60)41(56-50(62)64-5)29-12-8-7-9-13-29/h7-9,12-13,15-22,26-28,30,39-41,44H,6,10-11,14,23-25H2,1-5H3,(H,51,53)(H,52,54)(H,55,61)(H,56,62)/t30-,39+,40+,41-,44+/m1/s1. The predicted molar refractivity (Wildman–Crippen MR) is 246 cm³/mol. The highest BCUT2D eigenvalue weighted by molar-refractivity contribution is 6.07. The van der Waals surface area contributed by atoms with Crippen molar-refractivity contribution in [1.29, 1.82) is 0 Å². The Kier molecular flexibility index (Phi) is 11.7. The van der Waals surface area contributed by atoms with Gasteiger partial charge in [0.05, 0.1) is 48.4 Å². The quantitative estimate of drug-likeness (QED) is 0.0996. The van der Waals surface area contributed by atoms with Crippen molar-refractivity contribution in [3.63, 3.8) is 0 Å². The van der Waals surface area contributed by atoms with Crippen molar-refractivity contribution in [1.82, 2.24) is 40.4 Å².